The molecular formula is C22H33ClN2O2S. The SMILES string of the molecule is CC(C)Oc1ccc(Cl)c(CC2CCN(CC3CN(C(C)C)C(=O)S3)CC2)c1. The van der Waals surface area contributed by atoms with E-state index in [0.717, 1.165) is 43.4 Å². The van der Waals surface area contributed by atoms with Crippen LogP contribution in [0, 0.1) is 5.92 Å². The standard InChI is InChI=1S/C22H33ClN2O2S/c1-15(2)25-14-20(28-22(25)26)13-24-9-7-17(8-10-24)11-18-12-19(27-16(3)4)5-6-21(18)23/h5-6,12,15-17,20H,7-11,13-14H2,1-4H3. The summed E-state index contributed by atoms with van der Waals surface area (Å²) < 4.78 is 5.82. The van der Waals surface area contributed by atoms with Gasteiger partial charge in [0, 0.05) is 29.4 Å². The van der Waals surface area contributed by atoms with E-state index in [4.69, 9.17) is 16.3 Å². The highest BCUT2D eigenvalue weighted by Gasteiger charge is 2.33. The maximum Gasteiger partial charge on any atom is 0.282 e. The minimum absolute atomic E-state index is 0.171. The molecule has 156 valence electrons. The third kappa shape index (κ3) is 5.80. The summed E-state index contributed by atoms with van der Waals surface area (Å²) in [6, 6.07) is 6.32. The summed E-state index contributed by atoms with van der Waals surface area (Å²) in [5.74, 6) is 1.57. The second-order valence-corrected chi connectivity index (χ2v) is 10.3. The van der Waals surface area contributed by atoms with Gasteiger partial charge in [0.2, 0.25) is 0 Å². The minimum atomic E-state index is 0.171. The average molecular weight is 425 g/mol. The van der Waals surface area contributed by atoms with Gasteiger partial charge in [-0.05, 0) is 89.7 Å². The molecule has 2 saturated heterocycles. The number of likely N-dealkylation sites (tertiary alicyclic amines) is 1. The first-order chi connectivity index (χ1) is 13.3. The van der Waals surface area contributed by atoms with Crippen LogP contribution in [0.1, 0.15) is 46.1 Å². The van der Waals surface area contributed by atoms with Crippen LogP contribution in [-0.2, 0) is 6.42 Å². The van der Waals surface area contributed by atoms with Gasteiger partial charge in [0.25, 0.3) is 5.24 Å². The highest BCUT2D eigenvalue weighted by atomic mass is 35.5. The zero-order chi connectivity index (χ0) is 20.3. The van der Waals surface area contributed by atoms with Crippen LogP contribution in [0.3, 0.4) is 0 Å². The van der Waals surface area contributed by atoms with Crippen LogP contribution in [0.25, 0.3) is 0 Å². The molecule has 0 spiro atoms. The Balaban J connectivity index is 1.48. The Kier molecular flexibility index (Phi) is 7.57. The van der Waals surface area contributed by atoms with Gasteiger partial charge in [0.15, 0.2) is 0 Å². The van der Waals surface area contributed by atoms with Crippen molar-refractivity contribution in [3.63, 3.8) is 0 Å². The number of amides is 1. The highest BCUT2D eigenvalue weighted by Crippen LogP contribution is 2.31. The van der Waals surface area contributed by atoms with Crippen molar-refractivity contribution in [2.75, 3.05) is 26.2 Å². The summed E-state index contributed by atoms with van der Waals surface area (Å²) in [7, 11) is 0. The normalized spacial score (nSPS) is 21.9. The van der Waals surface area contributed by atoms with E-state index in [1.165, 1.54) is 30.2 Å². The summed E-state index contributed by atoms with van der Waals surface area (Å²) in [5, 5.41) is 1.49. The lowest BCUT2D eigenvalue weighted by molar-refractivity contribution is 0.176. The third-order valence-electron chi connectivity index (χ3n) is 5.59. The lowest BCUT2D eigenvalue weighted by atomic mass is 9.90. The second-order valence-electron chi connectivity index (χ2n) is 8.62. The zero-order valence-electron chi connectivity index (χ0n) is 17.5. The van der Waals surface area contributed by atoms with Gasteiger partial charge in [-0.3, -0.25) is 4.79 Å². The molecule has 2 heterocycles. The van der Waals surface area contributed by atoms with E-state index in [2.05, 4.69) is 24.8 Å². The predicted molar refractivity (Wildman–Crippen MR) is 119 cm³/mol. The van der Waals surface area contributed by atoms with Crippen LogP contribution in [0.4, 0.5) is 4.79 Å². The molecule has 0 N–H and O–H groups in total. The van der Waals surface area contributed by atoms with Gasteiger partial charge in [-0.25, -0.2) is 0 Å². The molecule has 0 aromatic heterocycles. The zero-order valence-corrected chi connectivity index (χ0v) is 19.1. The van der Waals surface area contributed by atoms with Gasteiger partial charge in [0.05, 0.1) is 6.10 Å². The average Bonchev–Trinajstić information content (AvgIpc) is 2.99. The van der Waals surface area contributed by atoms with E-state index in [1.54, 1.807) is 0 Å². The Hall–Kier alpha value is -0.910. The predicted octanol–water partition coefficient (Wildman–Crippen LogP) is 5.33. The molecule has 1 atom stereocenters. The summed E-state index contributed by atoms with van der Waals surface area (Å²) in [5.41, 5.74) is 1.20. The van der Waals surface area contributed by atoms with E-state index in [-0.39, 0.29) is 11.3 Å². The van der Waals surface area contributed by atoms with E-state index in [9.17, 15) is 4.79 Å². The van der Waals surface area contributed by atoms with E-state index in [0.29, 0.717) is 17.2 Å². The van der Waals surface area contributed by atoms with Crippen LogP contribution in [0.5, 0.6) is 5.75 Å². The summed E-state index contributed by atoms with van der Waals surface area (Å²) in [6.45, 7) is 12.4. The fourth-order valence-corrected chi connectivity index (χ4v) is 5.50. The molecule has 28 heavy (non-hydrogen) atoms. The first kappa shape index (κ1) is 21.8. The fourth-order valence-electron chi connectivity index (χ4n) is 4.08. The maximum atomic E-state index is 12.1. The van der Waals surface area contributed by atoms with E-state index < -0.39 is 0 Å². The van der Waals surface area contributed by atoms with Gasteiger partial charge >= 0.3 is 0 Å². The van der Waals surface area contributed by atoms with Crippen LogP contribution >= 0.6 is 23.4 Å². The number of ether oxygens (including phenoxy) is 1. The molecule has 2 fully saturated rings. The molecule has 0 saturated carbocycles. The quantitative estimate of drug-likeness (QED) is 0.592. The van der Waals surface area contributed by atoms with Gasteiger partial charge in [-0.1, -0.05) is 23.4 Å². The molecule has 3 rings (SSSR count). The molecule has 1 aromatic carbocycles. The summed E-state index contributed by atoms with van der Waals surface area (Å²) in [6.07, 6.45) is 3.55. The Morgan fingerprint density at radius 2 is 1.93 bits per heavy atom. The van der Waals surface area contributed by atoms with Crippen molar-refractivity contribution < 1.29 is 9.53 Å². The second kappa shape index (κ2) is 9.73. The number of benzene rings is 1. The Morgan fingerprint density at radius 1 is 1.21 bits per heavy atom. The third-order valence-corrected chi connectivity index (χ3v) is 7.03. The minimum Gasteiger partial charge on any atom is -0.491 e. The molecule has 1 aromatic rings. The molecule has 1 amide bonds. The number of rotatable bonds is 7. The van der Waals surface area contributed by atoms with Crippen molar-refractivity contribution >= 4 is 28.6 Å². The molecule has 0 bridgehead atoms. The van der Waals surface area contributed by atoms with Crippen LogP contribution in [0.2, 0.25) is 5.02 Å². The van der Waals surface area contributed by atoms with Crippen LogP contribution in [-0.4, -0.2) is 58.6 Å². The van der Waals surface area contributed by atoms with Gasteiger partial charge in [-0.2, -0.15) is 0 Å². The van der Waals surface area contributed by atoms with Crippen molar-refractivity contribution in [1.29, 1.82) is 0 Å². The Bertz CT molecular complexity index is 675. The number of carbonyl (C=O) groups excluding carboxylic acids is 1. The van der Waals surface area contributed by atoms with E-state index in [1.807, 2.05) is 30.9 Å². The molecule has 4 nitrogen and oxygen atoms in total. The van der Waals surface area contributed by atoms with Crippen molar-refractivity contribution in [3.05, 3.63) is 28.8 Å². The largest absolute Gasteiger partial charge is 0.491 e. The summed E-state index contributed by atoms with van der Waals surface area (Å²) in [4.78, 5) is 16.6. The lowest BCUT2D eigenvalue weighted by Gasteiger charge is -2.33. The first-order valence-corrected chi connectivity index (χ1v) is 11.7. The highest BCUT2D eigenvalue weighted by molar-refractivity contribution is 8.14. The first-order valence-electron chi connectivity index (χ1n) is 10.5. The molecule has 2 aliphatic heterocycles. The van der Waals surface area contributed by atoms with Crippen molar-refractivity contribution in [2.45, 2.75) is 64.4 Å². The molecule has 0 aliphatic carbocycles. The van der Waals surface area contributed by atoms with Gasteiger partial charge in [0.1, 0.15) is 5.75 Å². The van der Waals surface area contributed by atoms with Crippen LogP contribution < -0.4 is 4.74 Å². The Morgan fingerprint density at radius 3 is 2.54 bits per heavy atom. The molecule has 1 unspecified atom stereocenters. The number of piperidine rings is 1. The van der Waals surface area contributed by atoms with Crippen molar-refractivity contribution in [1.82, 2.24) is 9.80 Å². The Labute approximate surface area is 178 Å². The molecule has 0 radical (unpaired) electrons. The lowest BCUT2D eigenvalue weighted by Crippen LogP contribution is -2.40. The number of halogens is 1. The monoisotopic (exact) mass is 424 g/mol. The molecular weight excluding hydrogens is 392 g/mol. The van der Waals surface area contributed by atoms with Gasteiger partial charge in [-0.15, -0.1) is 0 Å². The smallest absolute Gasteiger partial charge is 0.282 e. The number of thioether (sulfide) groups is 1. The molecule has 2 aliphatic rings. The topological polar surface area (TPSA) is 32.8 Å². The van der Waals surface area contributed by atoms with Crippen molar-refractivity contribution in [2.24, 2.45) is 5.92 Å². The van der Waals surface area contributed by atoms with Crippen LogP contribution in [0.15, 0.2) is 18.2 Å². The maximum absolute atomic E-state index is 12.1. The fraction of sp³-hybridized carbons (Fsp3) is 0.682. The number of hydrogen-bond donors (Lipinski definition) is 0. The van der Waals surface area contributed by atoms with E-state index >= 15 is 0 Å². The van der Waals surface area contributed by atoms with Crippen molar-refractivity contribution in [3.8, 4) is 5.75 Å². The summed E-state index contributed by atoms with van der Waals surface area (Å²) >= 11 is 7.96. The number of hydrogen-bond acceptors (Lipinski definition) is 4. The van der Waals surface area contributed by atoms with Gasteiger partial charge < -0.3 is 14.5 Å². The molecule has 6 heteroatoms. The number of nitrogens with zero attached hydrogens (tertiary/aromatic N) is 2. The number of carbonyl (C=O) groups is 1.